The highest BCUT2D eigenvalue weighted by Crippen LogP contribution is 2.31. The molecule has 0 saturated carbocycles. The van der Waals surface area contributed by atoms with Gasteiger partial charge in [0.05, 0.1) is 65.3 Å². The maximum Gasteiger partial charge on any atom is 0.340 e. The van der Waals surface area contributed by atoms with E-state index >= 15 is 0 Å². The molecule has 0 atom stereocenters. The lowest BCUT2D eigenvalue weighted by Crippen LogP contribution is -2.24. The Kier molecular flexibility index (Phi) is 17.8. The van der Waals surface area contributed by atoms with Crippen molar-refractivity contribution in [3.05, 3.63) is 166 Å². The molecule has 314 valence electrons. The van der Waals surface area contributed by atoms with Crippen molar-refractivity contribution in [3.8, 4) is 0 Å². The van der Waals surface area contributed by atoms with Crippen LogP contribution in [0.25, 0.3) is 0 Å². The van der Waals surface area contributed by atoms with Gasteiger partial charge >= 0.3 is 11.9 Å². The number of aromatic carboxylic acids is 1. The van der Waals surface area contributed by atoms with Gasteiger partial charge in [-0.05, 0) is 59.7 Å². The van der Waals surface area contributed by atoms with E-state index in [1.807, 2.05) is 24.3 Å². The largest absolute Gasteiger partial charge is 0.478 e. The molecule has 0 unspecified atom stereocenters. The van der Waals surface area contributed by atoms with Gasteiger partial charge in [0.1, 0.15) is 21.3 Å². The van der Waals surface area contributed by atoms with Crippen LogP contribution in [-0.2, 0) is 51.0 Å². The fourth-order valence-electron chi connectivity index (χ4n) is 5.16. The molecule has 6 aromatic rings. The van der Waals surface area contributed by atoms with Crippen LogP contribution in [0.5, 0.6) is 0 Å². The molecule has 0 aliphatic heterocycles. The Labute approximate surface area is 353 Å². The van der Waals surface area contributed by atoms with Gasteiger partial charge in [-0.2, -0.15) is 0 Å². The molecular formula is C41H44Cl2N4O10S2. The van der Waals surface area contributed by atoms with Crippen molar-refractivity contribution < 1.29 is 45.1 Å². The molecule has 4 aromatic carbocycles. The number of carbonyl (C=O) groups is 2. The Morgan fingerprint density at radius 3 is 1.39 bits per heavy atom. The highest BCUT2D eigenvalue weighted by molar-refractivity contribution is 7.89. The maximum atomic E-state index is 12.8. The summed E-state index contributed by atoms with van der Waals surface area (Å²) in [6, 6.07) is 29.8. The zero-order valence-corrected chi connectivity index (χ0v) is 33.2. The Morgan fingerprint density at radius 1 is 0.610 bits per heavy atom. The van der Waals surface area contributed by atoms with Crippen molar-refractivity contribution in [2.75, 3.05) is 17.7 Å². The third-order valence-corrected chi connectivity index (χ3v) is 11.8. The molecule has 59 heavy (non-hydrogen) atoms. The zero-order valence-electron chi connectivity index (χ0n) is 30.1. The topological polar surface area (TPSA) is 206 Å². The standard InChI is InChI=1S/C20H19ClN2O5S.C19H17ClN2O5S.2CH4/c1-27-20(24)16-10-19(29(25,26)23-12-14-6-3-2-4-7-14)17(21)11-18(16)22-13-15-8-5-9-28-15;20-16-10-17(21-12-14-7-4-8-27-14)15(19(23)24)9-18(16)28(25,26)22-11-13-5-2-1-3-6-13;;/h2-11,22-23H,12-13H2,1H3;1-10,21-22H,11-12H2,(H,23,24);2*1H4. The molecule has 0 saturated heterocycles. The van der Waals surface area contributed by atoms with Gasteiger partial charge < -0.3 is 29.3 Å². The van der Waals surface area contributed by atoms with E-state index in [-0.39, 0.29) is 77.7 Å². The predicted octanol–water partition coefficient (Wildman–Crippen LogP) is 8.80. The van der Waals surface area contributed by atoms with Crippen molar-refractivity contribution in [3.63, 3.8) is 0 Å². The number of rotatable bonds is 16. The minimum atomic E-state index is -4.01. The molecule has 0 bridgehead atoms. The summed E-state index contributed by atoms with van der Waals surface area (Å²) in [4.78, 5) is 23.3. The number of hydrogen-bond acceptors (Lipinski definition) is 11. The summed E-state index contributed by atoms with van der Waals surface area (Å²) in [6.45, 7) is 0.652. The Morgan fingerprint density at radius 2 is 1.02 bits per heavy atom. The lowest BCUT2D eigenvalue weighted by molar-refractivity contribution is 0.0600. The monoisotopic (exact) mass is 886 g/mol. The van der Waals surface area contributed by atoms with E-state index in [2.05, 4.69) is 20.1 Å². The molecule has 5 N–H and O–H groups in total. The van der Waals surface area contributed by atoms with Crippen LogP contribution in [-0.4, -0.2) is 41.0 Å². The molecular weight excluding hydrogens is 844 g/mol. The Balaban J connectivity index is 0.000000305. The highest BCUT2D eigenvalue weighted by atomic mass is 35.5. The molecule has 0 spiro atoms. The first-order valence-corrected chi connectivity index (χ1v) is 20.6. The predicted molar refractivity (Wildman–Crippen MR) is 228 cm³/mol. The highest BCUT2D eigenvalue weighted by Gasteiger charge is 2.25. The molecule has 0 radical (unpaired) electrons. The number of carboxylic acid groups (broad SMARTS) is 1. The second kappa shape index (κ2) is 21.9. The van der Waals surface area contributed by atoms with E-state index in [0.29, 0.717) is 17.2 Å². The van der Waals surface area contributed by atoms with Crippen LogP contribution in [0.3, 0.4) is 0 Å². The number of esters is 1. The van der Waals surface area contributed by atoms with Gasteiger partial charge in [-0.15, -0.1) is 0 Å². The van der Waals surface area contributed by atoms with Crippen LogP contribution in [0.2, 0.25) is 10.0 Å². The molecule has 0 aliphatic rings. The Hall–Kier alpha value is -5.62. The van der Waals surface area contributed by atoms with E-state index < -0.39 is 32.0 Å². The van der Waals surface area contributed by atoms with Gasteiger partial charge in [-0.1, -0.05) is 98.7 Å². The number of methoxy groups -OCH3 is 1. The molecule has 2 aromatic heterocycles. The van der Waals surface area contributed by atoms with Gasteiger partial charge in [0.2, 0.25) is 20.0 Å². The van der Waals surface area contributed by atoms with Crippen molar-refractivity contribution in [2.45, 2.75) is 50.8 Å². The molecule has 0 amide bonds. The second-order valence-corrected chi connectivity index (χ2v) is 16.2. The third-order valence-electron chi connectivity index (χ3n) is 8.04. The average Bonchev–Trinajstić information content (AvgIpc) is 3.94. The molecule has 14 nitrogen and oxygen atoms in total. The van der Waals surface area contributed by atoms with E-state index in [4.69, 9.17) is 36.8 Å². The van der Waals surface area contributed by atoms with Crippen molar-refractivity contribution >= 4 is 66.6 Å². The summed E-state index contributed by atoms with van der Waals surface area (Å²) in [7, 11) is -6.76. The number of ether oxygens (including phenoxy) is 1. The minimum absolute atomic E-state index is 0. The summed E-state index contributed by atoms with van der Waals surface area (Å²) < 4.78 is 70.9. The van der Waals surface area contributed by atoms with Crippen LogP contribution < -0.4 is 20.1 Å². The fraction of sp³-hybridized carbons (Fsp3) is 0.171. The summed E-state index contributed by atoms with van der Waals surface area (Å²) in [5, 5.41) is 15.3. The lowest BCUT2D eigenvalue weighted by Gasteiger charge is -2.14. The quantitative estimate of drug-likeness (QED) is 0.0578. The second-order valence-electron chi connectivity index (χ2n) is 11.9. The summed E-state index contributed by atoms with van der Waals surface area (Å²) in [5.74, 6) is -0.743. The first-order chi connectivity index (χ1) is 27.3. The maximum absolute atomic E-state index is 12.8. The molecule has 6 rings (SSSR count). The lowest BCUT2D eigenvalue weighted by atomic mass is 10.1. The first kappa shape index (κ1) is 47.8. The summed E-state index contributed by atoms with van der Waals surface area (Å²) in [5.41, 5.74) is 1.91. The number of anilines is 2. The molecule has 0 aliphatic carbocycles. The van der Waals surface area contributed by atoms with Crippen LogP contribution in [0, 0.1) is 0 Å². The van der Waals surface area contributed by atoms with E-state index in [1.54, 1.807) is 60.7 Å². The number of halogens is 2. The third kappa shape index (κ3) is 13.2. The number of nitrogens with one attached hydrogen (secondary N) is 4. The average molecular weight is 888 g/mol. The number of sulfonamides is 2. The molecule has 2 heterocycles. The van der Waals surface area contributed by atoms with Crippen molar-refractivity contribution in [2.24, 2.45) is 0 Å². The van der Waals surface area contributed by atoms with Crippen LogP contribution in [0.1, 0.15) is 58.2 Å². The van der Waals surface area contributed by atoms with Gasteiger partial charge in [0, 0.05) is 13.1 Å². The van der Waals surface area contributed by atoms with Crippen molar-refractivity contribution in [1.82, 2.24) is 9.44 Å². The number of benzene rings is 4. The van der Waals surface area contributed by atoms with E-state index in [0.717, 1.165) is 17.2 Å². The number of hydrogen-bond donors (Lipinski definition) is 5. The van der Waals surface area contributed by atoms with E-state index in [1.165, 1.54) is 37.8 Å². The van der Waals surface area contributed by atoms with Crippen LogP contribution in [0.4, 0.5) is 11.4 Å². The molecule has 18 heteroatoms. The minimum Gasteiger partial charge on any atom is -0.478 e. The summed E-state index contributed by atoms with van der Waals surface area (Å²) in [6.07, 6.45) is 3.02. The first-order valence-electron chi connectivity index (χ1n) is 16.9. The zero-order chi connectivity index (χ0) is 41.0. The smallest absolute Gasteiger partial charge is 0.340 e. The van der Waals surface area contributed by atoms with E-state index in [9.17, 15) is 31.5 Å². The number of carbonyl (C=O) groups excluding carboxylic acids is 1. The van der Waals surface area contributed by atoms with Crippen LogP contribution >= 0.6 is 23.2 Å². The normalized spacial score (nSPS) is 10.9. The fourth-order valence-corrected chi connectivity index (χ4v) is 8.30. The van der Waals surface area contributed by atoms with Crippen LogP contribution in [0.15, 0.2) is 140 Å². The number of furan rings is 2. The van der Waals surface area contributed by atoms with Gasteiger partial charge in [-0.3, -0.25) is 0 Å². The summed E-state index contributed by atoms with van der Waals surface area (Å²) >= 11 is 12.4. The van der Waals surface area contributed by atoms with Gasteiger partial charge in [-0.25, -0.2) is 35.9 Å². The van der Waals surface area contributed by atoms with Crippen molar-refractivity contribution in [1.29, 1.82) is 0 Å². The molecule has 0 fully saturated rings. The number of carboxylic acids is 1. The SMILES string of the molecule is C.C.COC(=O)c1cc(S(=O)(=O)NCc2ccccc2)c(Cl)cc1NCc1ccco1.O=C(O)c1cc(S(=O)(=O)NCc2ccccc2)c(Cl)cc1NCc1ccco1. The van der Waals surface area contributed by atoms with Gasteiger partial charge in [0.15, 0.2) is 0 Å². The van der Waals surface area contributed by atoms with Gasteiger partial charge in [0.25, 0.3) is 0 Å². The Bertz CT molecular complexity index is 2500.